The van der Waals surface area contributed by atoms with Crippen LogP contribution in [0, 0.1) is 0 Å². The summed E-state index contributed by atoms with van der Waals surface area (Å²) in [7, 11) is 1.64. The maximum atomic E-state index is 5.28. The van der Waals surface area contributed by atoms with E-state index in [0.29, 0.717) is 6.54 Å². The predicted octanol–water partition coefficient (Wildman–Crippen LogP) is 4.30. The van der Waals surface area contributed by atoms with Crippen LogP contribution in [0.2, 0.25) is 0 Å². The van der Waals surface area contributed by atoms with Crippen LogP contribution in [0.25, 0.3) is 28.2 Å². The number of rotatable bonds is 7. The van der Waals surface area contributed by atoms with Gasteiger partial charge in [0, 0.05) is 43.2 Å². The molecule has 5 rings (SSSR count). The minimum atomic E-state index is 0.662. The Labute approximate surface area is 185 Å². The number of aromatic nitrogens is 6. The van der Waals surface area contributed by atoms with Crippen molar-refractivity contribution in [3.8, 4) is 28.3 Å². The van der Waals surface area contributed by atoms with Crippen LogP contribution >= 0.6 is 0 Å². The van der Waals surface area contributed by atoms with Crippen molar-refractivity contribution in [3.63, 3.8) is 0 Å². The normalized spacial score (nSPS) is 11.1. The molecule has 0 saturated carbocycles. The van der Waals surface area contributed by atoms with Crippen molar-refractivity contribution in [2.75, 3.05) is 12.4 Å². The van der Waals surface area contributed by atoms with Gasteiger partial charge >= 0.3 is 0 Å². The van der Waals surface area contributed by atoms with Gasteiger partial charge in [-0.25, -0.2) is 15.0 Å². The fourth-order valence-electron chi connectivity index (χ4n) is 3.57. The first-order chi connectivity index (χ1) is 15.7. The summed E-state index contributed by atoms with van der Waals surface area (Å²) in [5, 5.41) is 7.73. The molecular weight excluding hydrogens is 402 g/mol. The smallest absolute Gasteiger partial charge is 0.140 e. The lowest BCUT2D eigenvalue weighted by Crippen LogP contribution is -2.02. The van der Waals surface area contributed by atoms with Crippen molar-refractivity contribution in [1.82, 2.24) is 29.1 Å². The number of benzene rings is 1. The van der Waals surface area contributed by atoms with Crippen LogP contribution in [0.3, 0.4) is 0 Å². The van der Waals surface area contributed by atoms with E-state index >= 15 is 0 Å². The molecule has 0 atom stereocenters. The average molecular weight is 425 g/mol. The maximum Gasteiger partial charge on any atom is 0.140 e. The number of aryl methyl sites for hydroxylation is 1. The number of fused-ring (bicyclic) bond motifs is 1. The first kappa shape index (κ1) is 19.7. The molecule has 32 heavy (non-hydrogen) atoms. The molecule has 0 aliphatic heterocycles. The summed E-state index contributed by atoms with van der Waals surface area (Å²) in [6.07, 6.45) is 9.26. The molecule has 1 aromatic carbocycles. The highest BCUT2D eigenvalue weighted by Gasteiger charge is 2.09. The number of nitrogens with one attached hydrogen (secondary N) is 1. The highest BCUT2D eigenvalue weighted by Crippen LogP contribution is 2.23. The van der Waals surface area contributed by atoms with E-state index in [2.05, 4.69) is 62.8 Å². The molecule has 1 N–H and O–H groups in total. The lowest BCUT2D eigenvalue weighted by molar-refractivity contribution is 0.414. The van der Waals surface area contributed by atoms with Gasteiger partial charge in [0.2, 0.25) is 0 Å². The Kier molecular flexibility index (Phi) is 5.25. The highest BCUT2D eigenvalue weighted by atomic mass is 16.5. The largest absolute Gasteiger partial charge is 0.497 e. The van der Waals surface area contributed by atoms with E-state index < -0.39 is 0 Å². The zero-order chi connectivity index (χ0) is 21.9. The molecule has 0 radical (unpaired) electrons. The molecule has 0 spiro atoms. The molecule has 160 valence electrons. The monoisotopic (exact) mass is 425 g/mol. The van der Waals surface area contributed by atoms with Crippen molar-refractivity contribution in [3.05, 3.63) is 79.1 Å². The van der Waals surface area contributed by atoms with E-state index in [4.69, 9.17) is 4.74 Å². The van der Waals surface area contributed by atoms with E-state index in [9.17, 15) is 0 Å². The second-order valence-corrected chi connectivity index (χ2v) is 7.36. The minimum Gasteiger partial charge on any atom is -0.497 e. The third kappa shape index (κ3) is 3.90. The number of ether oxygens (including phenoxy) is 1. The Morgan fingerprint density at radius 3 is 2.62 bits per heavy atom. The van der Waals surface area contributed by atoms with Gasteiger partial charge in [-0.3, -0.25) is 9.08 Å². The van der Waals surface area contributed by atoms with Gasteiger partial charge < -0.3 is 10.1 Å². The van der Waals surface area contributed by atoms with Crippen molar-refractivity contribution in [2.24, 2.45) is 0 Å². The zero-order valence-corrected chi connectivity index (χ0v) is 17.9. The summed E-state index contributed by atoms with van der Waals surface area (Å²) < 4.78 is 9.18. The van der Waals surface area contributed by atoms with Crippen molar-refractivity contribution in [1.29, 1.82) is 0 Å². The van der Waals surface area contributed by atoms with Gasteiger partial charge in [0.1, 0.15) is 23.5 Å². The van der Waals surface area contributed by atoms with Gasteiger partial charge in [-0.2, -0.15) is 5.10 Å². The molecule has 0 amide bonds. The van der Waals surface area contributed by atoms with E-state index in [1.165, 1.54) is 5.56 Å². The first-order valence-electron chi connectivity index (χ1n) is 10.4. The number of nitrogens with zero attached hydrogens (tertiary/aromatic N) is 6. The number of hydrogen-bond donors (Lipinski definition) is 1. The van der Waals surface area contributed by atoms with Gasteiger partial charge in [-0.05, 0) is 24.1 Å². The standard InChI is InChI=1S/C24H23N7O/c1-3-30-15-19(13-29-30)18-6-4-17(5-7-18)12-25-23-11-21(27-16-28-23)22-14-26-24-10-20(32-2)8-9-31(22)24/h4-11,13-16H,3,12H2,1-2H3,(H,25,27,28). The molecule has 0 unspecified atom stereocenters. The first-order valence-corrected chi connectivity index (χ1v) is 10.4. The molecule has 0 fully saturated rings. The lowest BCUT2D eigenvalue weighted by Gasteiger charge is -2.08. The predicted molar refractivity (Wildman–Crippen MR) is 123 cm³/mol. The number of methoxy groups -OCH3 is 1. The Morgan fingerprint density at radius 2 is 1.84 bits per heavy atom. The minimum absolute atomic E-state index is 0.662. The van der Waals surface area contributed by atoms with Crippen LogP contribution in [0.4, 0.5) is 5.82 Å². The summed E-state index contributed by atoms with van der Waals surface area (Å²) in [5.41, 5.74) is 5.93. The second kappa shape index (κ2) is 8.50. The van der Waals surface area contributed by atoms with Crippen LogP contribution in [0.1, 0.15) is 12.5 Å². The van der Waals surface area contributed by atoms with Crippen LogP contribution in [0.5, 0.6) is 5.75 Å². The summed E-state index contributed by atoms with van der Waals surface area (Å²) in [5.74, 6) is 1.52. The molecule has 0 bridgehead atoms. The molecular formula is C24H23N7O. The number of imidazole rings is 1. The molecule has 4 heterocycles. The van der Waals surface area contributed by atoms with E-state index in [0.717, 1.165) is 46.3 Å². The van der Waals surface area contributed by atoms with Crippen molar-refractivity contribution in [2.45, 2.75) is 20.0 Å². The highest BCUT2D eigenvalue weighted by molar-refractivity contribution is 5.64. The fraction of sp³-hybridized carbons (Fsp3) is 0.167. The Hall–Kier alpha value is -4.20. The quantitative estimate of drug-likeness (QED) is 0.419. The van der Waals surface area contributed by atoms with Crippen LogP contribution in [0.15, 0.2) is 73.6 Å². The summed E-state index contributed by atoms with van der Waals surface area (Å²) in [6, 6.07) is 14.2. The number of hydrogen-bond acceptors (Lipinski definition) is 6. The molecule has 8 nitrogen and oxygen atoms in total. The van der Waals surface area contributed by atoms with Crippen molar-refractivity contribution >= 4 is 11.5 Å². The molecule has 5 aromatic rings. The zero-order valence-electron chi connectivity index (χ0n) is 17.9. The maximum absolute atomic E-state index is 5.28. The topological polar surface area (TPSA) is 82.2 Å². The Bertz CT molecular complexity index is 1350. The van der Waals surface area contributed by atoms with Gasteiger partial charge in [0.25, 0.3) is 0 Å². The molecule has 0 aliphatic carbocycles. The Balaban J connectivity index is 1.30. The number of pyridine rings is 1. The fourth-order valence-corrected chi connectivity index (χ4v) is 3.57. The lowest BCUT2D eigenvalue weighted by atomic mass is 10.1. The Morgan fingerprint density at radius 1 is 0.969 bits per heavy atom. The summed E-state index contributed by atoms with van der Waals surface area (Å²) in [6.45, 7) is 3.61. The molecule has 0 aliphatic rings. The van der Waals surface area contributed by atoms with Crippen LogP contribution in [-0.4, -0.2) is 36.2 Å². The second-order valence-electron chi connectivity index (χ2n) is 7.36. The van der Waals surface area contributed by atoms with E-state index in [-0.39, 0.29) is 0 Å². The van der Waals surface area contributed by atoms with Crippen molar-refractivity contribution < 1.29 is 4.74 Å². The number of anilines is 1. The SMILES string of the molecule is CCn1cc(-c2ccc(CNc3cc(-c4cnc5cc(OC)ccn45)ncn3)cc2)cn1. The molecule has 0 saturated heterocycles. The van der Waals surface area contributed by atoms with E-state index in [1.54, 1.807) is 19.6 Å². The van der Waals surface area contributed by atoms with Gasteiger partial charge in [0.15, 0.2) is 0 Å². The van der Waals surface area contributed by atoms with Gasteiger partial charge in [-0.1, -0.05) is 24.3 Å². The van der Waals surface area contributed by atoms with Crippen LogP contribution in [-0.2, 0) is 13.1 Å². The van der Waals surface area contributed by atoms with Gasteiger partial charge in [0.05, 0.1) is 30.9 Å². The molecule has 4 aromatic heterocycles. The third-order valence-electron chi connectivity index (χ3n) is 5.37. The summed E-state index contributed by atoms with van der Waals surface area (Å²) in [4.78, 5) is 13.3. The third-order valence-corrected chi connectivity index (χ3v) is 5.37. The summed E-state index contributed by atoms with van der Waals surface area (Å²) >= 11 is 0. The van der Waals surface area contributed by atoms with E-state index in [1.807, 2.05) is 39.7 Å². The van der Waals surface area contributed by atoms with Gasteiger partial charge in [-0.15, -0.1) is 0 Å². The average Bonchev–Trinajstić information content (AvgIpc) is 3.50. The molecule has 8 heteroatoms. The van der Waals surface area contributed by atoms with Crippen LogP contribution < -0.4 is 10.1 Å².